The molecule has 1 saturated heterocycles. The molecule has 1 aromatic heterocycles. The Hall–Kier alpha value is -2.26. The summed E-state index contributed by atoms with van der Waals surface area (Å²) in [5.74, 6) is 0.167. The van der Waals surface area contributed by atoms with Crippen LogP contribution in [0.3, 0.4) is 0 Å². The summed E-state index contributed by atoms with van der Waals surface area (Å²) >= 11 is 0. The molecular weight excluding hydrogens is 330 g/mol. The minimum absolute atomic E-state index is 0.176. The Morgan fingerprint density at radius 2 is 2.08 bits per heavy atom. The molecule has 0 saturated carbocycles. The van der Waals surface area contributed by atoms with E-state index in [1.165, 1.54) is 4.31 Å². The fraction of sp³-hybridized carbons (Fsp3) is 0.400. The van der Waals surface area contributed by atoms with E-state index in [0.29, 0.717) is 25.2 Å². The van der Waals surface area contributed by atoms with Gasteiger partial charge in [-0.1, -0.05) is 18.2 Å². The van der Waals surface area contributed by atoms with Crippen molar-refractivity contribution in [2.24, 2.45) is 7.05 Å². The van der Waals surface area contributed by atoms with Crippen molar-refractivity contribution in [3.05, 3.63) is 42.5 Å². The summed E-state index contributed by atoms with van der Waals surface area (Å²) in [7, 11) is -1.94. The molecule has 0 radical (unpaired) electrons. The number of hydrogen-bond donors (Lipinski definition) is 1. The zero-order valence-electron chi connectivity index (χ0n) is 13.3. The lowest BCUT2D eigenvalue weighted by atomic mass is 10.2. The second-order valence-corrected chi connectivity index (χ2v) is 7.53. The van der Waals surface area contributed by atoms with Crippen LogP contribution in [0.5, 0.6) is 0 Å². The van der Waals surface area contributed by atoms with Crippen molar-refractivity contribution >= 4 is 15.9 Å². The summed E-state index contributed by atoms with van der Waals surface area (Å²) in [6.45, 7) is 0.520. The number of benzene rings is 1. The summed E-state index contributed by atoms with van der Waals surface area (Å²) in [5.41, 5.74) is 0. The van der Waals surface area contributed by atoms with Crippen LogP contribution < -0.4 is 5.32 Å². The standard InChI is InChI=1S/C15H19N5O3S/c1-19-11-17-14(18-19)10-16-15(21)13-8-5-9-20(13)24(22,23)12-6-3-2-4-7-12/h2-4,6-7,11,13H,5,8-10H2,1H3,(H,16,21)/t13-/m0/s1. The van der Waals surface area contributed by atoms with Gasteiger partial charge in [0.2, 0.25) is 15.9 Å². The van der Waals surface area contributed by atoms with Gasteiger partial charge in [0.25, 0.3) is 0 Å². The molecule has 3 rings (SSSR count). The number of sulfonamides is 1. The average molecular weight is 349 g/mol. The third-order valence-corrected chi connectivity index (χ3v) is 5.85. The molecule has 1 aromatic carbocycles. The number of aryl methyl sites for hydroxylation is 1. The van der Waals surface area contributed by atoms with E-state index >= 15 is 0 Å². The second kappa shape index (κ2) is 6.70. The molecule has 2 heterocycles. The molecule has 24 heavy (non-hydrogen) atoms. The largest absolute Gasteiger partial charge is 0.347 e. The van der Waals surface area contributed by atoms with Crippen molar-refractivity contribution in [1.82, 2.24) is 24.4 Å². The molecule has 2 aromatic rings. The molecule has 8 nitrogen and oxygen atoms in total. The molecular formula is C15H19N5O3S. The number of carbonyl (C=O) groups is 1. The van der Waals surface area contributed by atoms with Crippen molar-refractivity contribution in [2.45, 2.75) is 30.3 Å². The predicted molar refractivity (Wildman–Crippen MR) is 86.2 cm³/mol. The molecule has 0 unspecified atom stereocenters. The van der Waals surface area contributed by atoms with E-state index in [9.17, 15) is 13.2 Å². The van der Waals surface area contributed by atoms with Crippen LogP contribution in [0.15, 0.2) is 41.6 Å². The summed E-state index contributed by atoms with van der Waals surface area (Å²) < 4.78 is 28.3. The van der Waals surface area contributed by atoms with Gasteiger partial charge in [0.1, 0.15) is 12.4 Å². The Balaban J connectivity index is 1.72. The first-order valence-electron chi connectivity index (χ1n) is 7.67. The summed E-state index contributed by atoms with van der Waals surface area (Å²) in [6, 6.07) is 7.49. The van der Waals surface area contributed by atoms with Crippen LogP contribution in [0.4, 0.5) is 0 Å². The fourth-order valence-corrected chi connectivity index (χ4v) is 4.44. The van der Waals surface area contributed by atoms with Crippen LogP contribution in [0.1, 0.15) is 18.7 Å². The monoisotopic (exact) mass is 349 g/mol. The zero-order chi connectivity index (χ0) is 17.2. The number of hydrogen-bond acceptors (Lipinski definition) is 5. The van der Waals surface area contributed by atoms with Crippen LogP contribution in [0.25, 0.3) is 0 Å². The molecule has 1 aliphatic rings. The van der Waals surface area contributed by atoms with E-state index < -0.39 is 16.1 Å². The Morgan fingerprint density at radius 1 is 1.33 bits per heavy atom. The number of carbonyl (C=O) groups excluding carboxylic acids is 1. The number of amides is 1. The van der Waals surface area contributed by atoms with Crippen LogP contribution in [-0.2, 0) is 28.4 Å². The Kier molecular flexibility index (Phi) is 4.63. The molecule has 9 heteroatoms. The molecule has 0 aliphatic carbocycles. The smallest absolute Gasteiger partial charge is 0.243 e. The molecule has 1 aliphatic heterocycles. The average Bonchev–Trinajstić information content (AvgIpc) is 3.23. The molecule has 128 valence electrons. The van der Waals surface area contributed by atoms with E-state index in [1.54, 1.807) is 48.4 Å². The first kappa shape index (κ1) is 16.6. The highest BCUT2D eigenvalue weighted by Gasteiger charge is 2.39. The van der Waals surface area contributed by atoms with Crippen LogP contribution >= 0.6 is 0 Å². The van der Waals surface area contributed by atoms with Gasteiger partial charge in [-0.15, -0.1) is 0 Å². The van der Waals surface area contributed by atoms with Gasteiger partial charge in [-0.05, 0) is 25.0 Å². The van der Waals surface area contributed by atoms with Crippen molar-refractivity contribution < 1.29 is 13.2 Å². The van der Waals surface area contributed by atoms with Gasteiger partial charge in [0, 0.05) is 13.6 Å². The maximum absolute atomic E-state index is 12.7. The van der Waals surface area contributed by atoms with E-state index in [2.05, 4.69) is 15.4 Å². The topological polar surface area (TPSA) is 97.2 Å². The van der Waals surface area contributed by atoms with Gasteiger partial charge in [-0.25, -0.2) is 13.4 Å². The molecule has 0 spiro atoms. The van der Waals surface area contributed by atoms with Gasteiger partial charge in [0.15, 0.2) is 5.82 Å². The lowest BCUT2D eigenvalue weighted by molar-refractivity contribution is -0.124. The Bertz CT molecular complexity index is 819. The maximum Gasteiger partial charge on any atom is 0.243 e. The number of rotatable bonds is 5. The quantitative estimate of drug-likeness (QED) is 0.836. The highest BCUT2D eigenvalue weighted by atomic mass is 32.2. The van der Waals surface area contributed by atoms with E-state index in [1.807, 2.05) is 0 Å². The minimum Gasteiger partial charge on any atom is -0.347 e. The van der Waals surface area contributed by atoms with Gasteiger partial charge in [0.05, 0.1) is 11.4 Å². The third-order valence-electron chi connectivity index (χ3n) is 3.92. The van der Waals surface area contributed by atoms with Gasteiger partial charge >= 0.3 is 0 Å². The summed E-state index contributed by atoms with van der Waals surface area (Å²) in [6.07, 6.45) is 2.71. The lowest BCUT2D eigenvalue weighted by Crippen LogP contribution is -2.45. The summed E-state index contributed by atoms with van der Waals surface area (Å²) in [5, 5.41) is 6.81. The minimum atomic E-state index is -3.67. The zero-order valence-corrected chi connectivity index (χ0v) is 14.1. The van der Waals surface area contributed by atoms with E-state index in [4.69, 9.17) is 0 Å². The van der Waals surface area contributed by atoms with Gasteiger partial charge in [-0.2, -0.15) is 9.40 Å². The number of nitrogens with zero attached hydrogens (tertiary/aromatic N) is 4. The maximum atomic E-state index is 12.7. The van der Waals surface area contributed by atoms with Crippen molar-refractivity contribution in [3.8, 4) is 0 Å². The SMILES string of the molecule is Cn1cnc(CNC(=O)[C@@H]2CCCN2S(=O)(=O)c2ccccc2)n1. The predicted octanol–water partition coefficient (Wildman–Crippen LogP) is 0.285. The second-order valence-electron chi connectivity index (χ2n) is 5.64. The van der Waals surface area contributed by atoms with Gasteiger partial charge < -0.3 is 5.32 Å². The third kappa shape index (κ3) is 3.31. The number of nitrogens with one attached hydrogen (secondary N) is 1. The van der Waals surface area contributed by atoms with E-state index in [-0.39, 0.29) is 17.3 Å². The highest BCUT2D eigenvalue weighted by Crippen LogP contribution is 2.26. The highest BCUT2D eigenvalue weighted by molar-refractivity contribution is 7.89. The lowest BCUT2D eigenvalue weighted by Gasteiger charge is -2.23. The van der Waals surface area contributed by atoms with Crippen LogP contribution in [0, 0.1) is 0 Å². The molecule has 1 fully saturated rings. The Labute approximate surface area is 140 Å². The molecule has 0 bridgehead atoms. The first-order valence-corrected chi connectivity index (χ1v) is 9.11. The molecule has 1 atom stereocenters. The fourth-order valence-electron chi connectivity index (χ4n) is 2.77. The van der Waals surface area contributed by atoms with E-state index in [0.717, 1.165) is 0 Å². The van der Waals surface area contributed by atoms with Crippen molar-refractivity contribution in [2.75, 3.05) is 6.54 Å². The number of aromatic nitrogens is 3. The normalized spacial score (nSPS) is 18.6. The molecule has 1 amide bonds. The Morgan fingerprint density at radius 3 is 2.75 bits per heavy atom. The van der Waals surface area contributed by atoms with Crippen molar-refractivity contribution in [3.63, 3.8) is 0 Å². The molecule has 1 N–H and O–H groups in total. The van der Waals surface area contributed by atoms with Crippen LogP contribution in [0.2, 0.25) is 0 Å². The van der Waals surface area contributed by atoms with Crippen molar-refractivity contribution in [1.29, 1.82) is 0 Å². The van der Waals surface area contributed by atoms with Gasteiger partial charge in [-0.3, -0.25) is 9.48 Å². The van der Waals surface area contributed by atoms with Crippen LogP contribution in [-0.4, -0.2) is 46.0 Å². The summed E-state index contributed by atoms with van der Waals surface area (Å²) in [4.78, 5) is 16.7. The first-order chi connectivity index (χ1) is 11.5.